The van der Waals surface area contributed by atoms with Crippen molar-refractivity contribution in [2.75, 3.05) is 5.32 Å². The third kappa shape index (κ3) is 4.69. The van der Waals surface area contributed by atoms with Crippen molar-refractivity contribution >= 4 is 51.3 Å². The first kappa shape index (κ1) is 23.9. The number of sulfonamides is 1. The van der Waals surface area contributed by atoms with Gasteiger partial charge in [-0.05, 0) is 80.7 Å². The van der Waals surface area contributed by atoms with E-state index in [0.717, 1.165) is 55.3 Å². The number of carbonyl (C=O) groups excluding carboxylic acids is 1. The summed E-state index contributed by atoms with van der Waals surface area (Å²) in [4.78, 5) is 12.5. The van der Waals surface area contributed by atoms with Crippen molar-refractivity contribution in [1.29, 1.82) is 0 Å². The van der Waals surface area contributed by atoms with Gasteiger partial charge in [-0.15, -0.1) is 0 Å². The molecule has 2 aromatic rings. The van der Waals surface area contributed by atoms with Gasteiger partial charge in [-0.3, -0.25) is 4.68 Å². The molecule has 1 aromatic heterocycles. The van der Waals surface area contributed by atoms with Gasteiger partial charge in [-0.1, -0.05) is 6.07 Å². The van der Waals surface area contributed by atoms with Crippen LogP contribution >= 0.6 is 0 Å². The fraction of sp³-hybridized carbons (Fsp3) is 0.474. The molecule has 2 amide bonds. The first-order chi connectivity index (χ1) is 12.8. The third-order valence-electron chi connectivity index (χ3n) is 5.33. The van der Waals surface area contributed by atoms with Crippen LogP contribution in [0.25, 0.3) is 0 Å². The van der Waals surface area contributed by atoms with Crippen LogP contribution in [0.3, 0.4) is 0 Å². The molecule has 10 heteroatoms. The van der Waals surface area contributed by atoms with Gasteiger partial charge in [-0.25, -0.2) is 9.52 Å². The number of aromatic nitrogens is 2. The van der Waals surface area contributed by atoms with Crippen LogP contribution in [0.2, 0.25) is 0 Å². The molecule has 0 fully saturated rings. The zero-order valence-corrected chi connectivity index (χ0v) is 16.9. The zero-order valence-electron chi connectivity index (χ0n) is 16.1. The van der Waals surface area contributed by atoms with Crippen LogP contribution in [0.15, 0.2) is 23.4 Å². The number of hydrogen-bond acceptors (Lipinski definition) is 4. The van der Waals surface area contributed by atoms with Crippen LogP contribution in [-0.2, 0) is 35.7 Å². The Morgan fingerprint density at radius 1 is 1.10 bits per heavy atom. The quantitative estimate of drug-likeness (QED) is 0.713. The second-order valence-electron chi connectivity index (χ2n) is 7.52. The average Bonchev–Trinajstić information content (AvgIpc) is 3.34. The van der Waals surface area contributed by atoms with E-state index in [4.69, 9.17) is 0 Å². The summed E-state index contributed by atoms with van der Waals surface area (Å²) >= 11 is 0. The van der Waals surface area contributed by atoms with Crippen LogP contribution in [0, 0.1) is 0 Å². The molecule has 8 nitrogen and oxygen atoms in total. The van der Waals surface area contributed by atoms with Gasteiger partial charge in [0.05, 0.1) is 0 Å². The summed E-state index contributed by atoms with van der Waals surface area (Å²) in [6, 6.07) is 2.97. The molecule has 0 saturated carbocycles. The number of aryl methyl sites for hydroxylation is 2. The fourth-order valence-corrected chi connectivity index (χ4v) is 4.87. The summed E-state index contributed by atoms with van der Waals surface area (Å²) in [6.07, 6.45) is 7.61. The van der Waals surface area contributed by atoms with Crippen molar-refractivity contribution in [3.8, 4) is 0 Å². The Morgan fingerprint density at radius 3 is 2.21 bits per heavy atom. The number of urea groups is 1. The monoisotopic (exact) mass is 430 g/mol. The Balaban J connectivity index is 0.00000150. The van der Waals surface area contributed by atoms with Crippen LogP contribution in [0.4, 0.5) is 10.5 Å². The standard InChI is InChI=1S/C19H24N4O3S.Na.H2O.H/c1-12(2)23-10-9-17(21-23)27(25,26)22-19(24)20-18-15-7-3-5-13(15)11-14-6-4-8-16(14)18;;;/h9-12H,3-8H2,1-2H3,(H2,20,22,24);;1H2;. The van der Waals surface area contributed by atoms with E-state index in [0.29, 0.717) is 0 Å². The number of nitrogens with one attached hydrogen (secondary N) is 2. The molecule has 0 unspecified atom stereocenters. The summed E-state index contributed by atoms with van der Waals surface area (Å²) in [5.74, 6) is 0. The van der Waals surface area contributed by atoms with Crippen LogP contribution in [0.5, 0.6) is 0 Å². The average molecular weight is 431 g/mol. The predicted molar refractivity (Wildman–Crippen MR) is 113 cm³/mol. The topological polar surface area (TPSA) is 125 Å². The Morgan fingerprint density at radius 2 is 1.69 bits per heavy atom. The van der Waals surface area contributed by atoms with Crippen molar-refractivity contribution in [3.63, 3.8) is 0 Å². The molecule has 0 radical (unpaired) electrons. The van der Waals surface area contributed by atoms with Crippen LogP contribution < -0.4 is 10.0 Å². The van der Waals surface area contributed by atoms with Crippen LogP contribution in [-0.4, -0.2) is 59.3 Å². The molecule has 2 aliphatic carbocycles. The van der Waals surface area contributed by atoms with Gasteiger partial charge in [0.15, 0.2) is 5.03 Å². The molecule has 0 atom stereocenters. The molecule has 29 heavy (non-hydrogen) atoms. The van der Waals surface area contributed by atoms with Gasteiger partial charge in [0, 0.05) is 17.9 Å². The number of carbonyl (C=O) groups is 1. The first-order valence-corrected chi connectivity index (χ1v) is 10.9. The molecular formula is C19H27N4NaO4S. The van der Waals surface area contributed by atoms with E-state index in [1.54, 1.807) is 10.9 Å². The summed E-state index contributed by atoms with van der Waals surface area (Å²) in [5.41, 5.74) is 5.70. The molecule has 4 N–H and O–H groups in total. The SMILES string of the molecule is CC(C)n1ccc(S(=O)(=O)NC(=O)Nc2c3c(cc4c2CCC4)CCC3)n1.O.[NaH]. The van der Waals surface area contributed by atoms with Crippen molar-refractivity contribution in [3.05, 3.63) is 40.6 Å². The molecule has 1 heterocycles. The number of hydrogen-bond donors (Lipinski definition) is 2. The molecule has 0 bridgehead atoms. The van der Waals surface area contributed by atoms with Gasteiger partial charge >= 0.3 is 35.6 Å². The summed E-state index contributed by atoms with van der Waals surface area (Å²) in [6.45, 7) is 3.81. The van der Waals surface area contributed by atoms with Gasteiger partial charge in [0.25, 0.3) is 10.0 Å². The van der Waals surface area contributed by atoms with Crippen molar-refractivity contribution in [2.45, 2.75) is 63.4 Å². The Bertz CT molecular complexity index is 985. The second kappa shape index (κ2) is 9.18. The van der Waals surface area contributed by atoms with Gasteiger partial charge < -0.3 is 10.8 Å². The van der Waals surface area contributed by atoms with Crippen LogP contribution in [0.1, 0.15) is 55.0 Å². The molecule has 154 valence electrons. The fourth-order valence-electron chi connectivity index (χ4n) is 4.03. The first-order valence-electron chi connectivity index (χ1n) is 9.40. The maximum absolute atomic E-state index is 12.5. The van der Waals surface area contributed by atoms with E-state index in [9.17, 15) is 13.2 Å². The Hall–Kier alpha value is -1.39. The number of anilines is 1. The molecule has 2 aliphatic rings. The van der Waals surface area contributed by atoms with E-state index < -0.39 is 16.1 Å². The van der Waals surface area contributed by atoms with E-state index in [2.05, 4.69) is 21.2 Å². The van der Waals surface area contributed by atoms with Gasteiger partial charge in [0.2, 0.25) is 0 Å². The molecule has 0 aliphatic heterocycles. The Labute approximate surface area is 193 Å². The number of amides is 2. The molecular weight excluding hydrogens is 403 g/mol. The summed E-state index contributed by atoms with van der Waals surface area (Å²) < 4.78 is 28.6. The summed E-state index contributed by atoms with van der Waals surface area (Å²) in [7, 11) is -4.01. The van der Waals surface area contributed by atoms with Crippen molar-refractivity contribution in [1.82, 2.24) is 14.5 Å². The summed E-state index contributed by atoms with van der Waals surface area (Å²) in [5, 5.41) is 6.72. The zero-order chi connectivity index (χ0) is 19.2. The minimum atomic E-state index is -4.01. The number of fused-ring (bicyclic) bond motifs is 2. The Kier molecular flexibility index (Phi) is 7.56. The molecule has 1 aromatic carbocycles. The van der Waals surface area contributed by atoms with E-state index in [1.165, 1.54) is 17.2 Å². The minimum absolute atomic E-state index is 0. The van der Waals surface area contributed by atoms with Gasteiger partial charge in [0.1, 0.15) is 0 Å². The molecule has 0 saturated heterocycles. The number of benzene rings is 1. The van der Waals surface area contributed by atoms with Gasteiger partial charge in [-0.2, -0.15) is 13.5 Å². The van der Waals surface area contributed by atoms with E-state index >= 15 is 0 Å². The molecule has 0 spiro atoms. The number of nitrogens with zero attached hydrogens (tertiary/aromatic N) is 2. The normalized spacial score (nSPS) is 14.6. The third-order valence-corrected chi connectivity index (χ3v) is 6.55. The maximum atomic E-state index is 12.5. The van der Waals surface area contributed by atoms with E-state index in [1.807, 2.05) is 13.8 Å². The van der Waals surface area contributed by atoms with E-state index in [-0.39, 0.29) is 46.1 Å². The second-order valence-corrected chi connectivity index (χ2v) is 9.15. The van der Waals surface area contributed by atoms with Crippen molar-refractivity contribution in [2.24, 2.45) is 0 Å². The van der Waals surface area contributed by atoms with Crippen molar-refractivity contribution < 1.29 is 18.7 Å². The predicted octanol–water partition coefficient (Wildman–Crippen LogP) is 1.48. The molecule has 4 rings (SSSR count). The number of rotatable bonds is 4.